The lowest BCUT2D eigenvalue weighted by atomic mass is 10.0. The monoisotopic (exact) mass is 458 g/mol. The minimum absolute atomic E-state index is 0.0125. The summed E-state index contributed by atoms with van der Waals surface area (Å²) in [5.74, 6) is -0.650. The fraction of sp³-hybridized carbons (Fsp3) is 0.562. The van der Waals surface area contributed by atoms with E-state index in [2.05, 4.69) is 20.8 Å². The molecule has 3 amide bonds. The molecule has 0 radical (unpaired) electrons. The lowest BCUT2D eigenvalue weighted by Gasteiger charge is -2.49. The molecular weight excluding hydrogens is 436 g/mol. The quantitative estimate of drug-likeness (QED) is 0.375. The molecule has 1 aromatic heterocycles. The second kappa shape index (κ2) is 9.32. The van der Waals surface area contributed by atoms with Gasteiger partial charge in [-0.25, -0.2) is 9.59 Å². The summed E-state index contributed by atoms with van der Waals surface area (Å²) in [7, 11) is 3.79. The molecular formula is C16H22N6O4S3. The van der Waals surface area contributed by atoms with Crippen LogP contribution in [0.4, 0.5) is 4.79 Å². The van der Waals surface area contributed by atoms with Crippen LogP contribution in [0.15, 0.2) is 15.6 Å². The molecule has 2 aliphatic heterocycles. The lowest BCUT2D eigenvalue weighted by Crippen LogP contribution is -2.71. The molecule has 0 saturated carbocycles. The minimum atomic E-state index is -1.14. The van der Waals surface area contributed by atoms with E-state index in [-0.39, 0.29) is 5.70 Å². The molecule has 1 saturated heterocycles. The Bertz CT molecular complexity index is 842. The van der Waals surface area contributed by atoms with Crippen LogP contribution < -0.4 is 10.6 Å². The van der Waals surface area contributed by atoms with Gasteiger partial charge in [-0.1, -0.05) is 23.1 Å². The number of carbonyl (C=O) groups excluding carboxylic acids is 2. The number of amides is 3. The number of carboxylic acids is 1. The van der Waals surface area contributed by atoms with Crippen LogP contribution in [0.25, 0.3) is 0 Å². The summed E-state index contributed by atoms with van der Waals surface area (Å²) >= 11 is 4.30. The van der Waals surface area contributed by atoms with Gasteiger partial charge in [0.15, 0.2) is 4.34 Å². The normalized spacial score (nSPS) is 21.1. The van der Waals surface area contributed by atoms with Crippen molar-refractivity contribution in [3.8, 4) is 0 Å². The van der Waals surface area contributed by atoms with Gasteiger partial charge in [0.2, 0.25) is 0 Å². The van der Waals surface area contributed by atoms with Crippen molar-refractivity contribution in [1.29, 1.82) is 0 Å². The molecule has 3 heterocycles. The zero-order valence-corrected chi connectivity index (χ0v) is 18.6. The molecule has 29 heavy (non-hydrogen) atoms. The molecule has 0 spiro atoms. The van der Waals surface area contributed by atoms with E-state index in [1.54, 1.807) is 0 Å². The standard InChI is InChI=1S/C16H22N6O4S3/c1-8-19-20-16(29-8)28-7-9-6-27-13-10(12(23)22(13)11(9)14(24)25)18-15(26)17-4-5-21(2)3/h10,13H,4-7H2,1-3H3,(H,24,25)(H2,17,18,26)/t10?,13-/m1/s1. The zero-order chi connectivity index (χ0) is 21.1. The highest BCUT2D eigenvalue weighted by Gasteiger charge is 2.54. The van der Waals surface area contributed by atoms with Crippen LogP contribution in [0.3, 0.4) is 0 Å². The van der Waals surface area contributed by atoms with Gasteiger partial charge < -0.3 is 20.6 Å². The van der Waals surface area contributed by atoms with Gasteiger partial charge in [-0.15, -0.1) is 22.0 Å². The summed E-state index contributed by atoms with van der Waals surface area (Å²) in [6, 6.07) is -1.16. The van der Waals surface area contributed by atoms with Crippen LogP contribution in [0.2, 0.25) is 0 Å². The number of aromatic nitrogens is 2. The Labute approximate surface area is 180 Å². The van der Waals surface area contributed by atoms with Gasteiger partial charge >= 0.3 is 12.0 Å². The molecule has 158 valence electrons. The Morgan fingerprint density at radius 1 is 1.38 bits per heavy atom. The van der Waals surface area contributed by atoms with Gasteiger partial charge in [0, 0.05) is 24.6 Å². The van der Waals surface area contributed by atoms with Crippen molar-refractivity contribution in [3.63, 3.8) is 0 Å². The third-order valence-corrected chi connectivity index (χ3v) is 7.66. The number of hydrogen-bond donors (Lipinski definition) is 3. The van der Waals surface area contributed by atoms with Crippen molar-refractivity contribution in [2.24, 2.45) is 0 Å². The fourth-order valence-electron chi connectivity index (χ4n) is 2.87. The lowest BCUT2D eigenvalue weighted by molar-refractivity contribution is -0.148. The van der Waals surface area contributed by atoms with E-state index in [1.165, 1.54) is 39.8 Å². The van der Waals surface area contributed by atoms with Crippen molar-refractivity contribution in [3.05, 3.63) is 16.3 Å². The van der Waals surface area contributed by atoms with Crippen LogP contribution in [-0.4, -0.2) is 93.1 Å². The molecule has 10 nitrogen and oxygen atoms in total. The van der Waals surface area contributed by atoms with Crippen LogP contribution in [-0.2, 0) is 9.59 Å². The maximum Gasteiger partial charge on any atom is 0.352 e. The van der Waals surface area contributed by atoms with E-state index in [0.717, 1.165) is 9.35 Å². The van der Waals surface area contributed by atoms with Crippen molar-refractivity contribution in [1.82, 2.24) is 30.6 Å². The average molecular weight is 459 g/mol. The van der Waals surface area contributed by atoms with E-state index < -0.39 is 29.3 Å². The zero-order valence-electron chi connectivity index (χ0n) is 16.2. The first-order chi connectivity index (χ1) is 13.8. The van der Waals surface area contributed by atoms with Crippen molar-refractivity contribution >= 4 is 52.8 Å². The van der Waals surface area contributed by atoms with Crippen molar-refractivity contribution in [2.75, 3.05) is 38.7 Å². The number of β-lactam (4-membered cyclic amide) rings is 1. The van der Waals surface area contributed by atoms with Crippen LogP contribution in [0, 0.1) is 6.92 Å². The van der Waals surface area contributed by atoms with Gasteiger partial charge in [0.25, 0.3) is 5.91 Å². The summed E-state index contributed by atoms with van der Waals surface area (Å²) in [5.41, 5.74) is 0.678. The number of aliphatic carboxylic acids is 1. The fourth-order valence-corrected chi connectivity index (χ4v) is 6.17. The molecule has 3 N–H and O–H groups in total. The summed E-state index contributed by atoms with van der Waals surface area (Å²) in [6.07, 6.45) is 0. The third kappa shape index (κ3) is 5.02. The number of carbonyl (C=O) groups is 3. The smallest absolute Gasteiger partial charge is 0.352 e. The number of likely N-dealkylation sites (N-methyl/N-ethyl adjacent to an activating group) is 1. The Kier molecular flexibility index (Phi) is 7.03. The number of thioether (sulfide) groups is 2. The van der Waals surface area contributed by atoms with Crippen LogP contribution >= 0.6 is 34.9 Å². The summed E-state index contributed by atoms with van der Waals surface area (Å²) in [5, 5.41) is 23.4. The van der Waals surface area contributed by atoms with Crippen molar-refractivity contribution < 1.29 is 19.5 Å². The third-order valence-electron chi connectivity index (χ3n) is 4.26. The predicted molar refractivity (Wildman–Crippen MR) is 112 cm³/mol. The number of hydrogen-bond acceptors (Lipinski definition) is 9. The molecule has 1 fully saturated rings. The topological polar surface area (TPSA) is 128 Å². The first-order valence-corrected chi connectivity index (χ1v) is 11.6. The van der Waals surface area contributed by atoms with E-state index in [1.807, 2.05) is 25.9 Å². The molecule has 0 aliphatic carbocycles. The van der Waals surface area contributed by atoms with Gasteiger partial charge in [0.1, 0.15) is 22.1 Å². The van der Waals surface area contributed by atoms with Crippen LogP contribution in [0.1, 0.15) is 5.01 Å². The molecule has 3 rings (SSSR count). The SMILES string of the molecule is Cc1nnc(SCC2=C(C(=O)O)N3C(=O)C(NC(=O)NCCN(C)C)[C@H]3SC2)s1. The molecule has 1 aromatic rings. The number of fused-ring (bicyclic) bond motifs is 1. The largest absolute Gasteiger partial charge is 0.477 e. The summed E-state index contributed by atoms with van der Waals surface area (Å²) in [4.78, 5) is 39.7. The number of urea groups is 1. The minimum Gasteiger partial charge on any atom is -0.477 e. The Morgan fingerprint density at radius 3 is 2.76 bits per heavy atom. The van der Waals surface area contributed by atoms with Gasteiger partial charge in [0.05, 0.1) is 0 Å². The molecule has 0 aromatic carbocycles. The summed E-state index contributed by atoms with van der Waals surface area (Å²) < 4.78 is 0.760. The molecule has 13 heteroatoms. The molecule has 2 aliphatic rings. The second-order valence-corrected chi connectivity index (χ2v) is 10.2. The highest BCUT2D eigenvalue weighted by atomic mass is 32.2. The first-order valence-electron chi connectivity index (χ1n) is 8.80. The Balaban J connectivity index is 1.63. The van der Waals surface area contributed by atoms with Gasteiger partial charge in [-0.2, -0.15) is 0 Å². The summed E-state index contributed by atoms with van der Waals surface area (Å²) in [6.45, 7) is 2.98. The molecule has 2 atom stereocenters. The van der Waals surface area contributed by atoms with Gasteiger partial charge in [-0.3, -0.25) is 9.69 Å². The number of rotatable bonds is 8. The number of aryl methyl sites for hydroxylation is 1. The highest BCUT2D eigenvalue weighted by Crippen LogP contribution is 2.41. The van der Waals surface area contributed by atoms with Crippen molar-refractivity contribution in [2.45, 2.75) is 22.7 Å². The Morgan fingerprint density at radius 2 is 2.14 bits per heavy atom. The Hall–Kier alpha value is -1.83. The average Bonchev–Trinajstić information content (AvgIpc) is 3.08. The number of carboxylic acid groups (broad SMARTS) is 1. The maximum absolute atomic E-state index is 12.6. The van der Waals surface area contributed by atoms with E-state index in [4.69, 9.17) is 0 Å². The predicted octanol–water partition coefficient (Wildman–Crippen LogP) is 0.422. The highest BCUT2D eigenvalue weighted by molar-refractivity contribution is 8.01. The molecule has 1 unspecified atom stereocenters. The second-order valence-electron chi connectivity index (χ2n) is 6.72. The number of nitrogens with one attached hydrogen (secondary N) is 2. The van der Waals surface area contributed by atoms with Crippen LogP contribution in [0.5, 0.6) is 0 Å². The van der Waals surface area contributed by atoms with E-state index >= 15 is 0 Å². The maximum atomic E-state index is 12.6. The first kappa shape index (κ1) is 21.9. The number of nitrogens with zero attached hydrogens (tertiary/aromatic N) is 4. The molecule has 0 bridgehead atoms. The van der Waals surface area contributed by atoms with E-state index in [9.17, 15) is 19.5 Å². The van der Waals surface area contributed by atoms with E-state index in [0.29, 0.717) is 30.2 Å². The van der Waals surface area contributed by atoms with Gasteiger partial charge in [-0.05, 0) is 26.6 Å².